The Morgan fingerprint density at radius 3 is 2.50 bits per heavy atom. The van der Waals surface area contributed by atoms with Gasteiger partial charge >= 0.3 is 0 Å². The van der Waals surface area contributed by atoms with Gasteiger partial charge in [-0.25, -0.2) is 14.4 Å². The third-order valence-electron chi connectivity index (χ3n) is 2.82. The highest BCUT2D eigenvalue weighted by atomic mass is 32.2. The van der Waals surface area contributed by atoms with Crippen LogP contribution < -0.4 is 5.32 Å². The second-order valence-electron chi connectivity index (χ2n) is 4.18. The minimum absolute atomic E-state index is 0.238. The fourth-order valence-corrected chi connectivity index (χ4v) is 2.76. The number of nitrogens with zero attached hydrogens (tertiary/aromatic N) is 2. The summed E-state index contributed by atoms with van der Waals surface area (Å²) >= 11 is 1.50. The molecule has 0 atom stereocenters. The smallest absolute Gasteiger partial charge is 0.224 e. The van der Waals surface area contributed by atoms with E-state index in [2.05, 4.69) is 15.3 Å². The van der Waals surface area contributed by atoms with Crippen molar-refractivity contribution in [2.75, 3.05) is 12.4 Å². The van der Waals surface area contributed by atoms with Crippen molar-refractivity contribution in [3.63, 3.8) is 0 Å². The first-order valence-corrected chi connectivity index (χ1v) is 6.96. The van der Waals surface area contributed by atoms with Crippen LogP contribution in [0.25, 0.3) is 10.9 Å². The van der Waals surface area contributed by atoms with Crippen LogP contribution in [-0.4, -0.2) is 17.0 Å². The quantitative estimate of drug-likeness (QED) is 0.739. The zero-order chi connectivity index (χ0) is 13.9. The number of halogens is 1. The predicted octanol–water partition coefficient (Wildman–Crippen LogP) is 3.96. The highest BCUT2D eigenvalue weighted by Gasteiger charge is 2.08. The summed E-state index contributed by atoms with van der Waals surface area (Å²) < 4.78 is 13.0. The maximum atomic E-state index is 13.0. The summed E-state index contributed by atoms with van der Waals surface area (Å²) in [6.07, 6.45) is 0. The van der Waals surface area contributed by atoms with Gasteiger partial charge in [0.1, 0.15) is 10.8 Å². The molecule has 0 amide bonds. The Morgan fingerprint density at radius 1 is 1.00 bits per heavy atom. The number of hydrogen-bond donors (Lipinski definition) is 1. The molecular formula is C15H12FN3S. The van der Waals surface area contributed by atoms with Gasteiger partial charge in [-0.2, -0.15) is 0 Å². The van der Waals surface area contributed by atoms with Gasteiger partial charge in [0.2, 0.25) is 5.95 Å². The van der Waals surface area contributed by atoms with Crippen molar-refractivity contribution in [1.82, 2.24) is 9.97 Å². The summed E-state index contributed by atoms with van der Waals surface area (Å²) in [6.45, 7) is 0. The molecule has 0 radical (unpaired) electrons. The van der Waals surface area contributed by atoms with Crippen molar-refractivity contribution in [1.29, 1.82) is 0 Å². The number of aromatic nitrogens is 2. The van der Waals surface area contributed by atoms with Crippen molar-refractivity contribution in [2.24, 2.45) is 0 Å². The van der Waals surface area contributed by atoms with E-state index in [1.165, 1.54) is 23.9 Å². The van der Waals surface area contributed by atoms with Gasteiger partial charge in [-0.3, -0.25) is 0 Å². The maximum Gasteiger partial charge on any atom is 0.224 e. The summed E-state index contributed by atoms with van der Waals surface area (Å²) in [5.74, 6) is 0.339. The van der Waals surface area contributed by atoms with Gasteiger partial charge in [0.05, 0.1) is 5.52 Å². The van der Waals surface area contributed by atoms with Crippen LogP contribution in [0.1, 0.15) is 0 Å². The lowest BCUT2D eigenvalue weighted by Crippen LogP contribution is -1.98. The molecule has 20 heavy (non-hydrogen) atoms. The van der Waals surface area contributed by atoms with Gasteiger partial charge in [-0.15, -0.1) is 0 Å². The van der Waals surface area contributed by atoms with Gasteiger partial charge in [-0.05, 0) is 30.3 Å². The molecule has 2 aromatic carbocycles. The zero-order valence-corrected chi connectivity index (χ0v) is 11.6. The van der Waals surface area contributed by atoms with Crippen LogP contribution in [-0.2, 0) is 0 Å². The Morgan fingerprint density at radius 2 is 1.75 bits per heavy atom. The lowest BCUT2D eigenvalue weighted by Gasteiger charge is -2.07. The monoisotopic (exact) mass is 285 g/mol. The summed E-state index contributed by atoms with van der Waals surface area (Å²) in [5, 5.41) is 4.80. The summed E-state index contributed by atoms with van der Waals surface area (Å²) in [4.78, 5) is 9.84. The molecule has 5 heteroatoms. The Hall–Kier alpha value is -2.14. The molecule has 3 rings (SSSR count). The molecule has 0 spiro atoms. The molecule has 1 aromatic heterocycles. The van der Waals surface area contributed by atoms with Crippen LogP contribution in [0, 0.1) is 5.82 Å². The molecular weight excluding hydrogens is 273 g/mol. The van der Waals surface area contributed by atoms with E-state index in [-0.39, 0.29) is 5.82 Å². The van der Waals surface area contributed by atoms with E-state index in [0.717, 1.165) is 20.8 Å². The Kier molecular flexibility index (Phi) is 3.52. The molecule has 0 aliphatic rings. The van der Waals surface area contributed by atoms with Crippen molar-refractivity contribution >= 4 is 28.6 Å². The highest BCUT2D eigenvalue weighted by molar-refractivity contribution is 7.99. The molecule has 0 saturated heterocycles. The van der Waals surface area contributed by atoms with E-state index in [1.807, 2.05) is 24.3 Å². The van der Waals surface area contributed by atoms with E-state index < -0.39 is 0 Å². The third-order valence-corrected chi connectivity index (χ3v) is 3.83. The van der Waals surface area contributed by atoms with Crippen molar-refractivity contribution in [3.05, 3.63) is 54.3 Å². The van der Waals surface area contributed by atoms with E-state index in [4.69, 9.17) is 0 Å². The lowest BCUT2D eigenvalue weighted by molar-refractivity contribution is 0.626. The second kappa shape index (κ2) is 5.46. The SMILES string of the molecule is CNc1nc(Sc2ccc(F)cc2)c2ccccc2n1. The minimum atomic E-state index is -0.238. The highest BCUT2D eigenvalue weighted by Crippen LogP contribution is 2.32. The number of para-hydroxylation sites is 1. The molecule has 3 aromatic rings. The standard InChI is InChI=1S/C15H12FN3S/c1-17-15-18-13-5-3-2-4-12(13)14(19-15)20-11-8-6-10(16)7-9-11/h2-9H,1H3,(H,17,18,19). The number of benzene rings is 2. The van der Waals surface area contributed by atoms with Gasteiger partial charge in [-0.1, -0.05) is 30.0 Å². The van der Waals surface area contributed by atoms with E-state index in [9.17, 15) is 4.39 Å². The number of rotatable bonds is 3. The predicted molar refractivity (Wildman–Crippen MR) is 79.6 cm³/mol. The zero-order valence-electron chi connectivity index (χ0n) is 10.8. The van der Waals surface area contributed by atoms with Crippen molar-refractivity contribution in [3.8, 4) is 0 Å². The molecule has 1 N–H and O–H groups in total. The Balaban J connectivity index is 2.07. The normalized spacial score (nSPS) is 10.7. The van der Waals surface area contributed by atoms with Crippen LogP contribution in [0.5, 0.6) is 0 Å². The van der Waals surface area contributed by atoms with Gasteiger partial charge < -0.3 is 5.32 Å². The number of fused-ring (bicyclic) bond motifs is 1. The number of nitrogens with one attached hydrogen (secondary N) is 1. The fraction of sp³-hybridized carbons (Fsp3) is 0.0667. The molecule has 0 aliphatic heterocycles. The molecule has 1 heterocycles. The first kappa shape index (κ1) is 12.9. The van der Waals surface area contributed by atoms with Crippen LogP contribution in [0.4, 0.5) is 10.3 Å². The Labute approximate surface area is 120 Å². The molecule has 3 nitrogen and oxygen atoms in total. The van der Waals surface area contributed by atoms with Gasteiger partial charge in [0.25, 0.3) is 0 Å². The molecule has 0 aliphatic carbocycles. The maximum absolute atomic E-state index is 13.0. The molecule has 0 saturated carbocycles. The van der Waals surface area contributed by atoms with Crippen molar-refractivity contribution in [2.45, 2.75) is 9.92 Å². The summed E-state index contributed by atoms with van der Waals surface area (Å²) in [7, 11) is 1.79. The lowest BCUT2D eigenvalue weighted by atomic mass is 10.2. The van der Waals surface area contributed by atoms with Crippen LogP contribution in [0.2, 0.25) is 0 Å². The largest absolute Gasteiger partial charge is 0.357 e. The fourth-order valence-electron chi connectivity index (χ4n) is 1.85. The number of anilines is 1. The van der Waals surface area contributed by atoms with Crippen molar-refractivity contribution < 1.29 is 4.39 Å². The van der Waals surface area contributed by atoms with Gasteiger partial charge in [0, 0.05) is 17.3 Å². The van der Waals surface area contributed by atoms with Crippen LogP contribution in [0.3, 0.4) is 0 Å². The van der Waals surface area contributed by atoms with E-state index in [0.29, 0.717) is 5.95 Å². The summed E-state index contributed by atoms with van der Waals surface area (Å²) in [5.41, 5.74) is 0.886. The van der Waals surface area contributed by atoms with Gasteiger partial charge in [0.15, 0.2) is 0 Å². The summed E-state index contributed by atoms with van der Waals surface area (Å²) in [6, 6.07) is 14.2. The van der Waals surface area contributed by atoms with Crippen LogP contribution >= 0.6 is 11.8 Å². The average Bonchev–Trinajstić information content (AvgIpc) is 2.49. The second-order valence-corrected chi connectivity index (χ2v) is 5.24. The minimum Gasteiger partial charge on any atom is -0.357 e. The third kappa shape index (κ3) is 2.58. The Bertz CT molecular complexity index is 744. The average molecular weight is 285 g/mol. The van der Waals surface area contributed by atoms with E-state index >= 15 is 0 Å². The first-order chi connectivity index (χ1) is 9.76. The first-order valence-electron chi connectivity index (χ1n) is 6.14. The topological polar surface area (TPSA) is 37.8 Å². The van der Waals surface area contributed by atoms with Crippen LogP contribution in [0.15, 0.2) is 58.5 Å². The molecule has 0 bridgehead atoms. The number of hydrogen-bond acceptors (Lipinski definition) is 4. The molecule has 100 valence electrons. The molecule has 0 fully saturated rings. The van der Waals surface area contributed by atoms with E-state index in [1.54, 1.807) is 19.2 Å². The molecule has 0 unspecified atom stereocenters.